The number of ether oxygens (including phenoxy) is 1. The van der Waals surface area contributed by atoms with Gasteiger partial charge in [0.1, 0.15) is 11.7 Å². The van der Waals surface area contributed by atoms with Crippen LogP contribution in [0, 0.1) is 24.2 Å². The Balaban J connectivity index is 1.77. The van der Waals surface area contributed by atoms with Crippen molar-refractivity contribution in [3.63, 3.8) is 0 Å². The normalized spacial score (nSPS) is 16.3. The second kappa shape index (κ2) is 9.30. The van der Waals surface area contributed by atoms with E-state index in [-0.39, 0.29) is 23.0 Å². The van der Waals surface area contributed by atoms with Crippen molar-refractivity contribution < 1.29 is 14.6 Å². The van der Waals surface area contributed by atoms with Gasteiger partial charge in [-0.05, 0) is 44.0 Å². The lowest BCUT2D eigenvalue weighted by Crippen LogP contribution is -2.25. The topological polar surface area (TPSA) is 129 Å². The number of hydrogen-bond acceptors (Lipinski definition) is 7. The summed E-state index contributed by atoms with van der Waals surface area (Å²) < 4.78 is 6.78. The number of aryl methyl sites for hydroxylation is 1. The summed E-state index contributed by atoms with van der Waals surface area (Å²) in [6, 6.07) is 10.2. The third kappa shape index (κ3) is 4.52. The molecule has 0 spiro atoms. The molecule has 0 aliphatic carbocycles. The Hall–Kier alpha value is -3.90. The molecule has 4 rings (SSSR count). The van der Waals surface area contributed by atoms with E-state index in [9.17, 15) is 20.0 Å². The van der Waals surface area contributed by atoms with Crippen molar-refractivity contribution in [1.29, 1.82) is 5.26 Å². The highest BCUT2D eigenvalue weighted by molar-refractivity contribution is 5.94. The summed E-state index contributed by atoms with van der Waals surface area (Å²) in [7, 11) is 0. The first kappa shape index (κ1) is 22.3. The predicted molar refractivity (Wildman–Crippen MR) is 124 cm³/mol. The number of hydrogen-bond donors (Lipinski definition) is 3. The number of carbonyl (C=O) groups is 1. The maximum Gasteiger partial charge on any atom is 0.337 e. The van der Waals surface area contributed by atoms with E-state index in [1.165, 1.54) is 10.5 Å². The van der Waals surface area contributed by atoms with Gasteiger partial charge in [-0.2, -0.15) is 5.26 Å². The van der Waals surface area contributed by atoms with Crippen LogP contribution in [0.4, 0.5) is 11.5 Å². The molecule has 0 radical (unpaired) electrons. The quantitative estimate of drug-likeness (QED) is 0.504. The van der Waals surface area contributed by atoms with Crippen molar-refractivity contribution >= 4 is 23.1 Å². The summed E-state index contributed by atoms with van der Waals surface area (Å²) in [5, 5.41) is 25.5. The van der Waals surface area contributed by atoms with Crippen molar-refractivity contribution in [3.8, 4) is 6.07 Å². The van der Waals surface area contributed by atoms with Crippen LogP contribution in [-0.4, -0.2) is 40.2 Å². The van der Waals surface area contributed by atoms with Crippen molar-refractivity contribution in [2.75, 3.05) is 30.4 Å². The maximum atomic E-state index is 13.1. The number of nitrogens with one attached hydrogen (secondary N) is 2. The monoisotopic (exact) mass is 447 g/mol. The largest absolute Gasteiger partial charge is 0.478 e. The fourth-order valence-electron chi connectivity index (χ4n) is 4.05. The molecule has 0 amide bonds. The van der Waals surface area contributed by atoms with E-state index in [4.69, 9.17) is 4.74 Å². The van der Waals surface area contributed by atoms with E-state index in [0.717, 1.165) is 12.0 Å². The number of nitriles is 1. The second-order valence-corrected chi connectivity index (χ2v) is 8.25. The maximum absolute atomic E-state index is 13.1. The van der Waals surface area contributed by atoms with Crippen LogP contribution in [0.15, 0.2) is 41.3 Å². The Morgan fingerprint density at radius 3 is 2.91 bits per heavy atom. The van der Waals surface area contributed by atoms with Gasteiger partial charge in [-0.25, -0.2) is 9.78 Å². The van der Waals surface area contributed by atoms with Gasteiger partial charge >= 0.3 is 5.97 Å². The molecule has 9 heteroatoms. The first-order chi connectivity index (χ1) is 15.9. The standard InChI is InChI=1S/C24H25N5O4/c1-14-9-18(15(2)27-20-6-4-3-5-17(20)24(31)32)22-28-21(26-11-16-7-8-33-13-16)19(10-25)23(30)29(22)12-14/h3-6,9,12,15-16,26-27H,7-8,11,13H2,1-2H3,(H,31,32)/t15-,16+/m1/s1. The Labute approximate surface area is 190 Å². The number of aromatic nitrogens is 2. The Bertz CT molecular complexity index is 1300. The number of fused-ring (bicyclic) bond motifs is 1. The van der Waals surface area contributed by atoms with Crippen LogP contribution in [-0.2, 0) is 4.74 Å². The second-order valence-electron chi connectivity index (χ2n) is 8.25. The number of rotatable bonds is 7. The lowest BCUT2D eigenvalue weighted by atomic mass is 10.1. The van der Waals surface area contributed by atoms with Gasteiger partial charge in [-0.3, -0.25) is 9.20 Å². The van der Waals surface area contributed by atoms with E-state index < -0.39 is 11.5 Å². The molecule has 1 saturated heterocycles. The van der Waals surface area contributed by atoms with Crippen molar-refractivity contribution in [3.05, 3.63) is 69.1 Å². The minimum Gasteiger partial charge on any atom is -0.478 e. The summed E-state index contributed by atoms with van der Waals surface area (Å²) in [6.07, 6.45) is 2.57. The van der Waals surface area contributed by atoms with Crippen LogP contribution in [0.25, 0.3) is 5.65 Å². The number of para-hydroxylation sites is 1. The zero-order valence-electron chi connectivity index (χ0n) is 18.5. The predicted octanol–water partition coefficient (Wildman–Crippen LogP) is 3.19. The number of nitrogens with zero attached hydrogens (tertiary/aromatic N) is 3. The van der Waals surface area contributed by atoms with E-state index in [1.807, 2.05) is 26.0 Å². The first-order valence-electron chi connectivity index (χ1n) is 10.8. The van der Waals surface area contributed by atoms with Crippen LogP contribution in [0.1, 0.15) is 46.4 Å². The summed E-state index contributed by atoms with van der Waals surface area (Å²) in [4.78, 5) is 29.4. The molecule has 170 valence electrons. The molecule has 9 nitrogen and oxygen atoms in total. The SMILES string of the molecule is Cc1cc([C@@H](C)Nc2ccccc2C(=O)O)c2nc(NC[C@@H]3CCOC3)c(C#N)c(=O)n2c1. The van der Waals surface area contributed by atoms with E-state index in [2.05, 4.69) is 15.6 Å². The van der Waals surface area contributed by atoms with Crippen LogP contribution in [0.5, 0.6) is 0 Å². The molecule has 1 aliphatic heterocycles. The molecular weight excluding hydrogens is 422 g/mol. The number of benzene rings is 1. The third-order valence-electron chi connectivity index (χ3n) is 5.78. The van der Waals surface area contributed by atoms with Crippen molar-refractivity contribution in [2.24, 2.45) is 5.92 Å². The Kier molecular flexibility index (Phi) is 6.29. The zero-order valence-corrected chi connectivity index (χ0v) is 18.5. The first-order valence-corrected chi connectivity index (χ1v) is 10.8. The summed E-state index contributed by atoms with van der Waals surface area (Å²) in [5.41, 5.74) is 2.06. The number of anilines is 2. The van der Waals surface area contributed by atoms with Gasteiger partial charge in [0.2, 0.25) is 0 Å². The number of carboxylic acids is 1. The van der Waals surface area contributed by atoms with Gasteiger partial charge in [-0.15, -0.1) is 0 Å². The lowest BCUT2D eigenvalue weighted by Gasteiger charge is -2.20. The molecule has 1 fully saturated rings. The Morgan fingerprint density at radius 1 is 1.42 bits per heavy atom. The molecule has 0 unspecified atom stereocenters. The van der Waals surface area contributed by atoms with Gasteiger partial charge in [-0.1, -0.05) is 12.1 Å². The highest BCUT2D eigenvalue weighted by atomic mass is 16.5. The Morgan fingerprint density at radius 2 is 2.21 bits per heavy atom. The van der Waals surface area contributed by atoms with E-state index in [0.29, 0.717) is 42.6 Å². The summed E-state index contributed by atoms with van der Waals surface area (Å²) in [6.45, 7) is 5.62. The lowest BCUT2D eigenvalue weighted by molar-refractivity contribution is 0.0698. The minimum atomic E-state index is -1.03. The average Bonchev–Trinajstić information content (AvgIpc) is 3.31. The molecule has 2 atom stereocenters. The number of aromatic carboxylic acids is 1. The molecule has 3 aromatic rings. The van der Waals surface area contributed by atoms with Crippen LogP contribution in [0.3, 0.4) is 0 Å². The molecule has 1 aromatic carbocycles. The average molecular weight is 447 g/mol. The van der Waals surface area contributed by atoms with Crippen LogP contribution >= 0.6 is 0 Å². The fourth-order valence-corrected chi connectivity index (χ4v) is 4.05. The smallest absolute Gasteiger partial charge is 0.337 e. The fraction of sp³-hybridized carbons (Fsp3) is 0.333. The minimum absolute atomic E-state index is 0.0419. The molecule has 3 N–H and O–H groups in total. The molecule has 0 bridgehead atoms. The molecule has 0 saturated carbocycles. The molecule has 2 aromatic heterocycles. The van der Waals surface area contributed by atoms with Gasteiger partial charge in [0.25, 0.3) is 5.56 Å². The zero-order chi connectivity index (χ0) is 23.5. The molecule has 3 heterocycles. The van der Waals surface area contributed by atoms with Gasteiger partial charge in [0, 0.05) is 36.5 Å². The summed E-state index contributed by atoms with van der Waals surface area (Å²) in [5.74, 6) is -0.491. The van der Waals surface area contributed by atoms with E-state index >= 15 is 0 Å². The van der Waals surface area contributed by atoms with Gasteiger partial charge in [0.05, 0.1) is 18.2 Å². The highest BCUT2D eigenvalue weighted by Gasteiger charge is 2.21. The molecular formula is C24H25N5O4. The van der Waals surface area contributed by atoms with Crippen LogP contribution in [0.2, 0.25) is 0 Å². The van der Waals surface area contributed by atoms with Gasteiger partial charge < -0.3 is 20.5 Å². The number of pyridine rings is 1. The van der Waals surface area contributed by atoms with Gasteiger partial charge in [0.15, 0.2) is 11.4 Å². The third-order valence-corrected chi connectivity index (χ3v) is 5.78. The number of carboxylic acid groups (broad SMARTS) is 1. The highest BCUT2D eigenvalue weighted by Crippen LogP contribution is 2.26. The summed E-state index contributed by atoms with van der Waals surface area (Å²) >= 11 is 0. The van der Waals surface area contributed by atoms with E-state index in [1.54, 1.807) is 24.4 Å². The van der Waals surface area contributed by atoms with Crippen molar-refractivity contribution in [2.45, 2.75) is 26.3 Å². The van der Waals surface area contributed by atoms with Crippen LogP contribution < -0.4 is 16.2 Å². The van der Waals surface area contributed by atoms with Crippen molar-refractivity contribution in [1.82, 2.24) is 9.38 Å². The molecule has 33 heavy (non-hydrogen) atoms. The molecule has 1 aliphatic rings.